The molecule has 0 aromatic heterocycles. The molecular formula is C11H16ClFN2O2S. The van der Waals surface area contributed by atoms with Crippen molar-refractivity contribution in [3.05, 3.63) is 29.0 Å². The molecule has 4 nitrogen and oxygen atoms in total. The lowest BCUT2D eigenvalue weighted by Crippen LogP contribution is -2.18. The van der Waals surface area contributed by atoms with Crippen molar-refractivity contribution in [1.82, 2.24) is 5.32 Å². The van der Waals surface area contributed by atoms with E-state index in [0.717, 1.165) is 25.1 Å². The van der Waals surface area contributed by atoms with Gasteiger partial charge in [-0.15, -0.1) is 0 Å². The molecule has 0 unspecified atom stereocenters. The molecule has 1 aromatic rings. The molecule has 0 aliphatic heterocycles. The van der Waals surface area contributed by atoms with E-state index in [1.54, 1.807) is 0 Å². The van der Waals surface area contributed by atoms with Crippen molar-refractivity contribution in [2.45, 2.75) is 12.8 Å². The van der Waals surface area contributed by atoms with Crippen molar-refractivity contribution in [1.29, 1.82) is 0 Å². The van der Waals surface area contributed by atoms with Crippen molar-refractivity contribution < 1.29 is 12.8 Å². The van der Waals surface area contributed by atoms with Gasteiger partial charge in [-0.05, 0) is 44.6 Å². The standard InChI is InChI=1S/C11H16ClFN2O2S/c1-14-4-2-3-5-18(16,17)15-11-7-9(12)6-10(13)8-11/h6-8,14-15H,2-5H2,1H3. The summed E-state index contributed by atoms with van der Waals surface area (Å²) in [6, 6.07) is 3.58. The van der Waals surface area contributed by atoms with E-state index in [1.807, 2.05) is 7.05 Å². The van der Waals surface area contributed by atoms with Crippen LogP contribution in [0.5, 0.6) is 0 Å². The van der Waals surface area contributed by atoms with Gasteiger partial charge in [0.25, 0.3) is 0 Å². The number of unbranched alkanes of at least 4 members (excludes halogenated alkanes) is 1. The van der Waals surface area contributed by atoms with Crippen molar-refractivity contribution in [2.24, 2.45) is 0 Å². The molecular weight excluding hydrogens is 279 g/mol. The fraction of sp³-hybridized carbons (Fsp3) is 0.455. The van der Waals surface area contributed by atoms with Crippen LogP contribution in [0.3, 0.4) is 0 Å². The smallest absolute Gasteiger partial charge is 0.232 e. The second-order valence-electron chi connectivity index (χ2n) is 3.89. The summed E-state index contributed by atoms with van der Waals surface area (Å²) in [7, 11) is -1.64. The van der Waals surface area contributed by atoms with Gasteiger partial charge in [-0.1, -0.05) is 11.6 Å². The fourth-order valence-electron chi connectivity index (χ4n) is 1.44. The van der Waals surface area contributed by atoms with E-state index < -0.39 is 15.8 Å². The van der Waals surface area contributed by atoms with E-state index in [-0.39, 0.29) is 16.5 Å². The Bertz CT molecular complexity index is 474. The SMILES string of the molecule is CNCCCCS(=O)(=O)Nc1cc(F)cc(Cl)c1. The summed E-state index contributed by atoms with van der Waals surface area (Å²) < 4.78 is 38.7. The van der Waals surface area contributed by atoms with Gasteiger partial charge < -0.3 is 5.32 Å². The van der Waals surface area contributed by atoms with Gasteiger partial charge in [0.1, 0.15) is 5.82 Å². The van der Waals surface area contributed by atoms with Crippen LogP contribution in [0.15, 0.2) is 18.2 Å². The maximum Gasteiger partial charge on any atom is 0.232 e. The summed E-state index contributed by atoms with van der Waals surface area (Å²) in [6.45, 7) is 0.765. The Hall–Kier alpha value is -0.850. The highest BCUT2D eigenvalue weighted by molar-refractivity contribution is 7.92. The number of halogens is 2. The van der Waals surface area contributed by atoms with Crippen LogP contribution < -0.4 is 10.0 Å². The summed E-state index contributed by atoms with van der Waals surface area (Å²) in [5.41, 5.74) is 0.147. The first-order valence-electron chi connectivity index (χ1n) is 5.54. The zero-order valence-electron chi connectivity index (χ0n) is 10.0. The first-order chi connectivity index (χ1) is 8.43. The summed E-state index contributed by atoms with van der Waals surface area (Å²) >= 11 is 5.64. The first kappa shape index (κ1) is 15.2. The van der Waals surface area contributed by atoms with Gasteiger partial charge in [-0.3, -0.25) is 4.72 Å². The Morgan fingerprint density at radius 3 is 2.61 bits per heavy atom. The van der Waals surface area contributed by atoms with Crippen molar-refractivity contribution in [3.8, 4) is 0 Å². The molecule has 0 saturated heterocycles. The quantitative estimate of drug-likeness (QED) is 0.758. The maximum absolute atomic E-state index is 13.0. The number of sulfonamides is 1. The van der Waals surface area contributed by atoms with E-state index in [0.29, 0.717) is 6.42 Å². The lowest BCUT2D eigenvalue weighted by atomic mass is 10.3. The molecule has 0 aliphatic rings. The highest BCUT2D eigenvalue weighted by Gasteiger charge is 2.11. The molecule has 2 N–H and O–H groups in total. The highest BCUT2D eigenvalue weighted by Crippen LogP contribution is 2.19. The number of hydrogen-bond donors (Lipinski definition) is 2. The molecule has 7 heteroatoms. The van der Waals surface area contributed by atoms with Crippen LogP contribution in [0.4, 0.5) is 10.1 Å². The van der Waals surface area contributed by atoms with Gasteiger partial charge in [0.15, 0.2) is 0 Å². The largest absolute Gasteiger partial charge is 0.320 e. The zero-order chi connectivity index (χ0) is 13.6. The summed E-state index contributed by atoms with van der Waals surface area (Å²) in [6.07, 6.45) is 1.31. The molecule has 0 radical (unpaired) electrons. The molecule has 102 valence electrons. The number of hydrogen-bond acceptors (Lipinski definition) is 3. The molecule has 1 aromatic carbocycles. The molecule has 0 atom stereocenters. The highest BCUT2D eigenvalue weighted by atomic mass is 35.5. The summed E-state index contributed by atoms with van der Waals surface area (Å²) in [4.78, 5) is 0. The minimum absolute atomic E-state index is 0.00279. The van der Waals surface area contributed by atoms with E-state index in [2.05, 4.69) is 10.0 Å². The molecule has 0 fully saturated rings. The van der Waals surface area contributed by atoms with Crippen LogP contribution in [0.25, 0.3) is 0 Å². The van der Waals surface area contributed by atoms with Crippen molar-refractivity contribution >= 4 is 27.3 Å². The predicted molar refractivity (Wildman–Crippen MR) is 72.0 cm³/mol. The lowest BCUT2D eigenvalue weighted by molar-refractivity contribution is 0.595. The fourth-order valence-corrected chi connectivity index (χ4v) is 2.82. The molecule has 18 heavy (non-hydrogen) atoms. The Labute approximate surface area is 112 Å². The molecule has 1 rings (SSSR count). The second kappa shape index (κ2) is 6.92. The topological polar surface area (TPSA) is 58.2 Å². The van der Waals surface area contributed by atoms with Crippen LogP contribution >= 0.6 is 11.6 Å². The Morgan fingerprint density at radius 1 is 1.28 bits per heavy atom. The number of benzene rings is 1. The minimum atomic E-state index is -3.45. The third kappa shape index (κ3) is 5.66. The number of anilines is 1. The zero-order valence-corrected chi connectivity index (χ0v) is 11.6. The average molecular weight is 295 g/mol. The van der Waals surface area contributed by atoms with Crippen molar-refractivity contribution in [3.63, 3.8) is 0 Å². The normalized spacial score (nSPS) is 11.5. The number of rotatable bonds is 7. The molecule has 0 saturated carbocycles. The third-order valence-electron chi connectivity index (χ3n) is 2.23. The van der Waals surface area contributed by atoms with E-state index in [4.69, 9.17) is 11.6 Å². The van der Waals surface area contributed by atoms with Gasteiger partial charge in [0, 0.05) is 5.02 Å². The van der Waals surface area contributed by atoms with Gasteiger partial charge in [0.2, 0.25) is 10.0 Å². The van der Waals surface area contributed by atoms with E-state index >= 15 is 0 Å². The van der Waals surface area contributed by atoms with E-state index in [1.165, 1.54) is 6.07 Å². The Balaban J connectivity index is 2.59. The van der Waals surface area contributed by atoms with Gasteiger partial charge in [-0.25, -0.2) is 12.8 Å². The second-order valence-corrected chi connectivity index (χ2v) is 6.17. The maximum atomic E-state index is 13.0. The van der Waals surface area contributed by atoms with Crippen LogP contribution in [0.2, 0.25) is 5.02 Å². The van der Waals surface area contributed by atoms with Gasteiger partial charge in [0.05, 0.1) is 11.4 Å². The Kier molecular flexibility index (Phi) is 5.84. The van der Waals surface area contributed by atoms with Crippen LogP contribution in [0, 0.1) is 5.82 Å². The molecule has 0 amide bonds. The van der Waals surface area contributed by atoms with E-state index in [9.17, 15) is 12.8 Å². The van der Waals surface area contributed by atoms with Gasteiger partial charge in [-0.2, -0.15) is 0 Å². The minimum Gasteiger partial charge on any atom is -0.320 e. The Morgan fingerprint density at radius 2 is 2.00 bits per heavy atom. The molecule has 0 bridgehead atoms. The molecule has 0 aliphatic carbocycles. The third-order valence-corrected chi connectivity index (χ3v) is 3.82. The average Bonchev–Trinajstić information content (AvgIpc) is 2.22. The molecule has 0 spiro atoms. The van der Waals surface area contributed by atoms with Gasteiger partial charge >= 0.3 is 0 Å². The predicted octanol–water partition coefficient (Wildman–Crippen LogP) is 2.22. The summed E-state index contributed by atoms with van der Waals surface area (Å²) in [5, 5.41) is 3.09. The lowest BCUT2D eigenvalue weighted by Gasteiger charge is -2.08. The van der Waals surface area contributed by atoms with Crippen LogP contribution in [0.1, 0.15) is 12.8 Å². The monoisotopic (exact) mass is 294 g/mol. The van der Waals surface area contributed by atoms with Crippen LogP contribution in [-0.2, 0) is 10.0 Å². The summed E-state index contributed by atoms with van der Waals surface area (Å²) in [5.74, 6) is -0.571. The van der Waals surface area contributed by atoms with Crippen LogP contribution in [-0.4, -0.2) is 27.8 Å². The molecule has 0 heterocycles. The first-order valence-corrected chi connectivity index (χ1v) is 7.57. The number of nitrogens with one attached hydrogen (secondary N) is 2. The van der Waals surface area contributed by atoms with Crippen molar-refractivity contribution in [2.75, 3.05) is 24.1 Å².